The molecule has 0 amide bonds. The van der Waals surface area contributed by atoms with E-state index in [0.29, 0.717) is 0 Å². The fraction of sp³-hybridized carbons (Fsp3) is 0.400. The molecule has 96 valence electrons. The van der Waals surface area contributed by atoms with Crippen molar-refractivity contribution in [1.82, 2.24) is 10.5 Å². The van der Waals surface area contributed by atoms with Gasteiger partial charge >= 0.3 is 0 Å². The Morgan fingerprint density at radius 3 is 2.72 bits per heavy atom. The van der Waals surface area contributed by atoms with Crippen LogP contribution in [0.2, 0.25) is 0 Å². The fourth-order valence-corrected chi connectivity index (χ4v) is 1.95. The zero-order valence-corrected chi connectivity index (χ0v) is 10.9. The van der Waals surface area contributed by atoms with Gasteiger partial charge in [-0.1, -0.05) is 41.9 Å². The molecule has 0 radical (unpaired) electrons. The largest absolute Gasteiger partial charge is 0.361 e. The van der Waals surface area contributed by atoms with Crippen LogP contribution in [0.25, 0.3) is 11.3 Å². The Labute approximate surface area is 108 Å². The third-order valence-corrected chi connectivity index (χ3v) is 2.98. The number of hydrogen-bond acceptors (Lipinski definition) is 3. The molecule has 18 heavy (non-hydrogen) atoms. The van der Waals surface area contributed by atoms with Gasteiger partial charge in [0.1, 0.15) is 11.5 Å². The minimum Gasteiger partial charge on any atom is -0.361 e. The summed E-state index contributed by atoms with van der Waals surface area (Å²) in [4.78, 5) is 0. The van der Waals surface area contributed by atoms with E-state index in [1.54, 1.807) is 0 Å². The minimum atomic E-state index is 0.931. The molecule has 0 aliphatic rings. The van der Waals surface area contributed by atoms with E-state index in [1.165, 1.54) is 12.8 Å². The highest BCUT2D eigenvalue weighted by Gasteiger charge is 2.05. The molecule has 1 N–H and O–H groups in total. The summed E-state index contributed by atoms with van der Waals surface area (Å²) in [7, 11) is 1.99. The van der Waals surface area contributed by atoms with Crippen LogP contribution in [0.15, 0.2) is 40.9 Å². The number of aromatic nitrogens is 1. The lowest BCUT2D eigenvalue weighted by atomic mass is 10.1. The van der Waals surface area contributed by atoms with E-state index in [4.69, 9.17) is 4.52 Å². The van der Waals surface area contributed by atoms with Crippen molar-refractivity contribution in [3.05, 3.63) is 42.2 Å². The first-order valence-corrected chi connectivity index (χ1v) is 6.56. The third-order valence-electron chi connectivity index (χ3n) is 2.98. The maximum Gasteiger partial charge on any atom is 0.137 e. The molecular formula is C15H20N2O. The quantitative estimate of drug-likeness (QED) is 0.760. The highest BCUT2D eigenvalue weighted by Crippen LogP contribution is 2.19. The third kappa shape index (κ3) is 3.70. The number of benzene rings is 1. The van der Waals surface area contributed by atoms with Gasteiger partial charge in [-0.2, -0.15) is 0 Å². The molecule has 3 nitrogen and oxygen atoms in total. The van der Waals surface area contributed by atoms with Gasteiger partial charge in [-0.25, -0.2) is 0 Å². The van der Waals surface area contributed by atoms with E-state index < -0.39 is 0 Å². The van der Waals surface area contributed by atoms with E-state index >= 15 is 0 Å². The molecule has 0 bridgehead atoms. The van der Waals surface area contributed by atoms with E-state index in [-0.39, 0.29) is 0 Å². The maximum atomic E-state index is 5.36. The molecular weight excluding hydrogens is 224 g/mol. The lowest BCUT2D eigenvalue weighted by Crippen LogP contribution is -2.07. The summed E-state index contributed by atoms with van der Waals surface area (Å²) in [5, 5.41) is 7.27. The Balaban J connectivity index is 1.83. The van der Waals surface area contributed by atoms with Crippen molar-refractivity contribution in [1.29, 1.82) is 0 Å². The van der Waals surface area contributed by atoms with Gasteiger partial charge < -0.3 is 9.84 Å². The molecule has 2 rings (SSSR count). The summed E-state index contributed by atoms with van der Waals surface area (Å²) < 4.78 is 5.36. The zero-order chi connectivity index (χ0) is 12.6. The Morgan fingerprint density at radius 2 is 1.94 bits per heavy atom. The van der Waals surface area contributed by atoms with Crippen LogP contribution in [0, 0.1) is 0 Å². The van der Waals surface area contributed by atoms with Gasteiger partial charge in [0.25, 0.3) is 0 Å². The molecule has 1 aromatic heterocycles. The minimum absolute atomic E-state index is 0.931. The molecule has 0 atom stereocenters. The summed E-state index contributed by atoms with van der Waals surface area (Å²) in [6, 6.07) is 12.2. The van der Waals surface area contributed by atoms with E-state index in [2.05, 4.69) is 22.6 Å². The highest BCUT2D eigenvalue weighted by molar-refractivity contribution is 5.58. The molecule has 1 heterocycles. The van der Waals surface area contributed by atoms with Crippen LogP contribution < -0.4 is 5.32 Å². The zero-order valence-electron chi connectivity index (χ0n) is 10.9. The van der Waals surface area contributed by atoms with Crippen LogP contribution in [-0.2, 0) is 6.42 Å². The smallest absolute Gasteiger partial charge is 0.137 e. The predicted molar refractivity (Wildman–Crippen MR) is 73.4 cm³/mol. The first kappa shape index (κ1) is 12.8. The lowest BCUT2D eigenvalue weighted by Gasteiger charge is -1.97. The second-order valence-electron chi connectivity index (χ2n) is 4.46. The first-order chi connectivity index (χ1) is 8.90. The fourth-order valence-electron chi connectivity index (χ4n) is 1.95. The van der Waals surface area contributed by atoms with Gasteiger partial charge in [-0.05, 0) is 26.4 Å². The number of nitrogens with zero attached hydrogens (tertiary/aromatic N) is 1. The van der Waals surface area contributed by atoms with Crippen LogP contribution in [-0.4, -0.2) is 18.7 Å². The summed E-state index contributed by atoms with van der Waals surface area (Å²) in [6.07, 6.45) is 4.58. The molecule has 3 heteroatoms. The lowest BCUT2D eigenvalue weighted by molar-refractivity contribution is 0.380. The molecule has 2 aromatic rings. The van der Waals surface area contributed by atoms with E-state index in [9.17, 15) is 0 Å². The molecule has 0 spiro atoms. The molecule has 0 aliphatic heterocycles. The Morgan fingerprint density at radius 1 is 1.11 bits per heavy atom. The van der Waals surface area contributed by atoms with Crippen molar-refractivity contribution in [2.45, 2.75) is 25.7 Å². The van der Waals surface area contributed by atoms with Gasteiger partial charge in [0.05, 0.1) is 0 Å². The van der Waals surface area contributed by atoms with Gasteiger partial charge in [0, 0.05) is 18.1 Å². The topological polar surface area (TPSA) is 38.1 Å². The molecule has 0 unspecified atom stereocenters. The normalized spacial score (nSPS) is 10.7. The molecule has 0 aliphatic carbocycles. The van der Waals surface area contributed by atoms with Gasteiger partial charge in [0.15, 0.2) is 0 Å². The average molecular weight is 244 g/mol. The van der Waals surface area contributed by atoms with Crippen molar-refractivity contribution in [2.24, 2.45) is 0 Å². The molecule has 0 saturated heterocycles. The van der Waals surface area contributed by atoms with Gasteiger partial charge in [-0.15, -0.1) is 0 Å². The van der Waals surface area contributed by atoms with Crippen molar-refractivity contribution in [3.63, 3.8) is 0 Å². The summed E-state index contributed by atoms with van der Waals surface area (Å²) in [5.74, 6) is 0.985. The van der Waals surface area contributed by atoms with Gasteiger partial charge in [-0.3, -0.25) is 0 Å². The number of nitrogens with one attached hydrogen (secondary N) is 1. The van der Waals surface area contributed by atoms with Crippen LogP contribution in [0.3, 0.4) is 0 Å². The maximum absolute atomic E-state index is 5.36. The Hall–Kier alpha value is -1.61. The van der Waals surface area contributed by atoms with Crippen molar-refractivity contribution in [2.75, 3.05) is 13.6 Å². The van der Waals surface area contributed by atoms with Crippen molar-refractivity contribution in [3.8, 4) is 11.3 Å². The highest BCUT2D eigenvalue weighted by atomic mass is 16.5. The summed E-state index contributed by atoms with van der Waals surface area (Å²) in [6.45, 7) is 1.09. The average Bonchev–Trinajstić information content (AvgIpc) is 2.88. The summed E-state index contributed by atoms with van der Waals surface area (Å²) in [5.41, 5.74) is 2.04. The Kier molecular flexibility index (Phi) is 4.97. The first-order valence-electron chi connectivity index (χ1n) is 6.56. The Bertz CT molecular complexity index is 451. The SMILES string of the molecule is CNCCCCCc1cc(-c2ccccc2)no1. The second-order valence-corrected chi connectivity index (χ2v) is 4.46. The monoisotopic (exact) mass is 244 g/mol. The van der Waals surface area contributed by atoms with Crippen LogP contribution in [0.4, 0.5) is 0 Å². The van der Waals surface area contributed by atoms with E-state index in [1.807, 2.05) is 31.3 Å². The summed E-state index contributed by atoms with van der Waals surface area (Å²) >= 11 is 0. The number of unbranched alkanes of at least 4 members (excludes halogenated alkanes) is 2. The predicted octanol–water partition coefficient (Wildman–Crippen LogP) is 3.27. The molecule has 0 saturated carbocycles. The standard InChI is InChI=1S/C15H20N2O/c1-16-11-7-3-6-10-14-12-15(17-18-14)13-8-4-2-5-9-13/h2,4-5,8-9,12,16H,3,6-7,10-11H2,1H3. The number of rotatable bonds is 7. The van der Waals surface area contributed by atoms with Crippen LogP contribution in [0.5, 0.6) is 0 Å². The van der Waals surface area contributed by atoms with Crippen LogP contribution in [0.1, 0.15) is 25.0 Å². The van der Waals surface area contributed by atoms with E-state index in [0.717, 1.165) is 36.4 Å². The van der Waals surface area contributed by atoms with Crippen molar-refractivity contribution >= 4 is 0 Å². The second kappa shape index (κ2) is 6.97. The van der Waals surface area contributed by atoms with Gasteiger partial charge in [0.2, 0.25) is 0 Å². The van der Waals surface area contributed by atoms with Crippen molar-refractivity contribution < 1.29 is 4.52 Å². The molecule has 0 fully saturated rings. The van der Waals surface area contributed by atoms with Crippen LogP contribution >= 0.6 is 0 Å². The molecule has 1 aromatic carbocycles. The number of hydrogen-bond donors (Lipinski definition) is 1. The number of aryl methyl sites for hydroxylation is 1.